The first-order valence-electron chi connectivity index (χ1n) is 12.7. The molecule has 1 aliphatic heterocycles. The Hall–Kier alpha value is -4.19. The van der Waals surface area contributed by atoms with E-state index in [1.165, 1.54) is 6.07 Å². The quantitative estimate of drug-likeness (QED) is 0.367. The van der Waals surface area contributed by atoms with Crippen molar-refractivity contribution in [3.8, 4) is 5.75 Å². The first-order chi connectivity index (χ1) is 18.9. The van der Waals surface area contributed by atoms with E-state index in [1.54, 1.807) is 16.6 Å². The zero-order valence-corrected chi connectivity index (χ0v) is 22.1. The molecule has 2 atom stereocenters. The van der Waals surface area contributed by atoms with Crippen LogP contribution in [-0.2, 0) is 24.9 Å². The van der Waals surface area contributed by atoms with E-state index in [-0.39, 0.29) is 31.0 Å². The molecule has 3 heterocycles. The second-order valence-corrected chi connectivity index (χ2v) is 10.2. The molecule has 0 amide bonds. The summed E-state index contributed by atoms with van der Waals surface area (Å²) in [5, 5.41) is 18.1. The van der Waals surface area contributed by atoms with Crippen LogP contribution in [0.4, 0.5) is 13.2 Å². The number of carboxylic acid groups (broad SMARTS) is 1. The molecule has 4 aromatic rings. The van der Waals surface area contributed by atoms with Crippen molar-refractivity contribution in [1.82, 2.24) is 24.9 Å². The molecule has 1 aliphatic rings. The van der Waals surface area contributed by atoms with Gasteiger partial charge < -0.3 is 14.8 Å². The van der Waals surface area contributed by atoms with Gasteiger partial charge >= 0.3 is 12.1 Å². The number of hydrogen-bond donors (Lipinski definition) is 2. The van der Waals surface area contributed by atoms with Crippen LogP contribution in [0.25, 0.3) is 11.0 Å². The number of aryl methyl sites for hydroxylation is 3. The fraction of sp³-hybridized carbons (Fsp3) is 0.357. The lowest BCUT2D eigenvalue weighted by atomic mass is 9.84. The van der Waals surface area contributed by atoms with Gasteiger partial charge in [-0.2, -0.15) is 13.2 Å². The lowest BCUT2D eigenvalue weighted by Crippen LogP contribution is -2.42. The summed E-state index contributed by atoms with van der Waals surface area (Å²) in [4.78, 5) is 28.0. The predicted molar refractivity (Wildman–Crippen MR) is 140 cm³/mol. The molecule has 0 unspecified atom stereocenters. The summed E-state index contributed by atoms with van der Waals surface area (Å²) in [7, 11) is 1.78. The summed E-state index contributed by atoms with van der Waals surface area (Å²) in [5.41, 5.74) is 5.25. The van der Waals surface area contributed by atoms with Crippen molar-refractivity contribution >= 4 is 17.0 Å². The summed E-state index contributed by atoms with van der Waals surface area (Å²) >= 11 is 0. The van der Waals surface area contributed by atoms with Crippen LogP contribution in [0.1, 0.15) is 45.8 Å². The summed E-state index contributed by atoms with van der Waals surface area (Å²) in [6.07, 6.45) is -6.88. The summed E-state index contributed by atoms with van der Waals surface area (Å²) < 4.78 is 48.4. The first kappa shape index (κ1) is 27.4. The number of rotatable bonds is 6. The van der Waals surface area contributed by atoms with Crippen LogP contribution >= 0.6 is 0 Å². The smallest absolute Gasteiger partial charge is 0.426 e. The van der Waals surface area contributed by atoms with Gasteiger partial charge in [-0.15, -0.1) is 5.10 Å². The first-order valence-corrected chi connectivity index (χ1v) is 12.7. The maximum atomic E-state index is 13.8. The second kappa shape index (κ2) is 10.4. The Morgan fingerprint density at radius 1 is 1.20 bits per heavy atom. The van der Waals surface area contributed by atoms with Gasteiger partial charge in [0.25, 0.3) is 0 Å². The fourth-order valence-electron chi connectivity index (χ4n) is 5.26. The molecular weight excluding hydrogens is 527 g/mol. The van der Waals surface area contributed by atoms with Crippen LogP contribution in [0, 0.1) is 13.8 Å². The highest BCUT2D eigenvalue weighted by Gasteiger charge is 2.44. The summed E-state index contributed by atoms with van der Waals surface area (Å²) in [6, 6.07) is 11.7. The largest absolute Gasteiger partial charge is 0.481 e. The van der Waals surface area contributed by atoms with Crippen molar-refractivity contribution in [2.45, 2.75) is 51.6 Å². The number of ether oxygens (including phenoxy) is 1. The topological polar surface area (TPSA) is 113 Å². The number of halogens is 3. The Bertz CT molecular complexity index is 1650. The van der Waals surface area contributed by atoms with Gasteiger partial charge in [0.1, 0.15) is 11.3 Å². The van der Waals surface area contributed by atoms with Crippen molar-refractivity contribution < 1.29 is 27.8 Å². The molecule has 2 aromatic carbocycles. The zero-order valence-electron chi connectivity index (χ0n) is 22.1. The third-order valence-electron chi connectivity index (χ3n) is 7.40. The Balaban J connectivity index is 1.52. The van der Waals surface area contributed by atoms with Crippen molar-refractivity contribution in [2.75, 3.05) is 6.54 Å². The van der Waals surface area contributed by atoms with Gasteiger partial charge in [0.05, 0.1) is 17.6 Å². The number of carbonyl (C=O) groups is 1. The molecule has 40 heavy (non-hydrogen) atoms. The monoisotopic (exact) mass is 555 g/mol. The normalized spacial score (nSPS) is 16.8. The number of carboxylic acids is 1. The number of alkyl halides is 3. The maximum Gasteiger partial charge on any atom is 0.426 e. The van der Waals surface area contributed by atoms with E-state index in [9.17, 15) is 27.9 Å². The van der Waals surface area contributed by atoms with Crippen LogP contribution < -0.4 is 10.3 Å². The molecule has 2 aromatic heterocycles. The number of aromatic nitrogens is 4. The van der Waals surface area contributed by atoms with Crippen LogP contribution in [0.5, 0.6) is 5.75 Å². The molecule has 0 saturated carbocycles. The van der Waals surface area contributed by atoms with Gasteiger partial charge in [0.15, 0.2) is 0 Å². The molecule has 0 fully saturated rings. The van der Waals surface area contributed by atoms with Gasteiger partial charge in [-0.1, -0.05) is 29.5 Å². The van der Waals surface area contributed by atoms with Gasteiger partial charge in [-0.05, 0) is 53.8 Å². The lowest BCUT2D eigenvalue weighted by Gasteiger charge is -2.26. The lowest BCUT2D eigenvalue weighted by molar-refractivity contribution is -0.198. The molecule has 0 radical (unpaired) electrons. The zero-order chi connectivity index (χ0) is 28.8. The minimum absolute atomic E-state index is 0.00806. The van der Waals surface area contributed by atoms with E-state index >= 15 is 0 Å². The summed E-state index contributed by atoms with van der Waals surface area (Å²) in [5.74, 6) is -1.51. The van der Waals surface area contributed by atoms with E-state index in [1.807, 2.05) is 44.2 Å². The van der Waals surface area contributed by atoms with Crippen molar-refractivity contribution in [3.63, 3.8) is 0 Å². The van der Waals surface area contributed by atoms with Crippen molar-refractivity contribution in [1.29, 1.82) is 0 Å². The molecule has 0 bridgehead atoms. The Labute approximate surface area is 227 Å². The number of nitrogens with one attached hydrogen (secondary N) is 1. The number of fused-ring (bicyclic) bond motifs is 2. The minimum Gasteiger partial charge on any atom is -0.481 e. The third-order valence-corrected chi connectivity index (χ3v) is 7.40. The second-order valence-electron chi connectivity index (χ2n) is 10.2. The number of hydrogen-bond acceptors (Lipinski definition) is 6. The van der Waals surface area contributed by atoms with E-state index in [0.717, 1.165) is 39.4 Å². The molecular formula is C28H28F3N5O4. The number of aliphatic carboxylic acids is 1. The molecule has 12 heteroatoms. The number of aromatic amines is 1. The third kappa shape index (κ3) is 5.44. The fourth-order valence-corrected chi connectivity index (χ4v) is 5.26. The molecule has 2 N–H and O–H groups in total. The number of H-pyrrole nitrogens is 1. The van der Waals surface area contributed by atoms with Crippen LogP contribution in [0.3, 0.4) is 0 Å². The van der Waals surface area contributed by atoms with Gasteiger partial charge in [-0.25, -0.2) is 4.68 Å². The summed E-state index contributed by atoms with van der Waals surface area (Å²) in [6.45, 7) is 3.47. The SMILES string of the molecule is Cc1ccc([C@H](CC(=O)O)c2ccc3c(nnn3C)c2C)cc1CN1Cc2[nH]c(=O)ccc2O[C@@H](C(F)(F)F)C1. The average molecular weight is 556 g/mol. The number of nitrogens with zero attached hydrogens (tertiary/aromatic N) is 4. The van der Waals surface area contributed by atoms with E-state index < -0.39 is 36.3 Å². The number of benzene rings is 2. The van der Waals surface area contributed by atoms with Gasteiger partial charge in [0, 0.05) is 38.7 Å². The van der Waals surface area contributed by atoms with Crippen molar-refractivity contribution in [2.24, 2.45) is 7.05 Å². The molecule has 0 saturated heterocycles. The molecule has 0 aliphatic carbocycles. The van der Waals surface area contributed by atoms with E-state index in [0.29, 0.717) is 5.52 Å². The Morgan fingerprint density at radius 2 is 1.98 bits per heavy atom. The molecule has 210 valence electrons. The highest BCUT2D eigenvalue weighted by atomic mass is 19.4. The van der Waals surface area contributed by atoms with Gasteiger partial charge in [-0.3, -0.25) is 14.5 Å². The van der Waals surface area contributed by atoms with Crippen molar-refractivity contribution in [3.05, 3.63) is 86.3 Å². The van der Waals surface area contributed by atoms with Crippen LogP contribution in [-0.4, -0.2) is 54.8 Å². The highest BCUT2D eigenvalue weighted by Crippen LogP contribution is 2.35. The van der Waals surface area contributed by atoms with Crippen LogP contribution in [0.2, 0.25) is 0 Å². The number of pyridine rings is 1. The van der Waals surface area contributed by atoms with Gasteiger partial charge in [0.2, 0.25) is 11.7 Å². The average Bonchev–Trinajstić information content (AvgIpc) is 3.15. The maximum absolute atomic E-state index is 13.8. The predicted octanol–water partition coefficient (Wildman–Crippen LogP) is 4.21. The molecule has 5 rings (SSSR count). The van der Waals surface area contributed by atoms with E-state index in [4.69, 9.17) is 4.74 Å². The van der Waals surface area contributed by atoms with E-state index in [2.05, 4.69) is 15.3 Å². The molecule has 9 nitrogen and oxygen atoms in total. The van der Waals surface area contributed by atoms with Crippen LogP contribution in [0.15, 0.2) is 47.3 Å². The minimum atomic E-state index is -4.62. The molecule has 0 spiro atoms. The Kier molecular flexibility index (Phi) is 7.13. The Morgan fingerprint density at radius 3 is 2.70 bits per heavy atom. The highest BCUT2D eigenvalue weighted by molar-refractivity contribution is 5.80. The standard InChI is InChI=1S/C28H28F3N5O4/c1-15-4-5-17(20(11-26(38)39)19-6-7-22-27(16(19)2)33-34-35(22)3)10-18(15)12-36-13-21-23(8-9-25(37)32-21)40-24(14-36)28(29,30)31/h4-10,20,24H,11-14H2,1-3H3,(H,32,37)(H,38,39)/t20-,24+/m0/s1.